The lowest BCUT2D eigenvalue weighted by Gasteiger charge is -2.24. The first-order valence-electron chi connectivity index (χ1n) is 27.6. The van der Waals surface area contributed by atoms with Crippen LogP contribution in [0, 0.1) is 0 Å². The summed E-state index contributed by atoms with van der Waals surface area (Å²) in [6, 6.07) is -0.737. The monoisotopic (exact) mass is 940 g/mol. The standard InChI is InChI=1S/C62H101NO5/c1-4-7-10-13-16-19-22-25-28-31-34-37-40-43-46-49-52-55-62(67)68-58(53-50-47-44-41-38-35-32-29-26-23-20-17-14-11-8-5-2)56-61(66)63-59(57-64)60(65)54-51-48-45-42-39-36-33-30-27-24-21-18-15-12-9-6-3/h7,10-11,13-14,16-17,19-20,22-23,25-26,28-29,31-32,34-35,37-38,40,58-60,64-65H,4-6,8-9,12,15,18,21,24,27,30,33,36,39,41-57H2,1-3H3,(H,63,66)/b10-7-,14-11+,16-13+,20-17+,22-19+,26-23+,28-25-,32-29+,34-31+,38-35+,40-37+. The van der Waals surface area contributed by atoms with Crippen LogP contribution in [0.2, 0.25) is 0 Å². The van der Waals surface area contributed by atoms with Gasteiger partial charge in [-0.2, -0.15) is 0 Å². The quantitative estimate of drug-likeness (QED) is 0.0321. The molecule has 0 aromatic heterocycles. The molecule has 0 aromatic rings. The molecule has 0 spiro atoms. The van der Waals surface area contributed by atoms with Crippen molar-refractivity contribution in [1.29, 1.82) is 0 Å². The van der Waals surface area contributed by atoms with Crippen LogP contribution >= 0.6 is 0 Å². The summed E-state index contributed by atoms with van der Waals surface area (Å²) >= 11 is 0. The molecule has 384 valence electrons. The zero-order valence-electron chi connectivity index (χ0n) is 43.7. The second kappa shape index (κ2) is 53.9. The van der Waals surface area contributed by atoms with E-state index < -0.39 is 18.2 Å². The van der Waals surface area contributed by atoms with Gasteiger partial charge in [-0.1, -0.05) is 276 Å². The topological polar surface area (TPSA) is 95.9 Å². The average molecular weight is 940 g/mol. The van der Waals surface area contributed by atoms with Gasteiger partial charge in [0.2, 0.25) is 5.91 Å². The Morgan fingerprint density at radius 2 is 0.824 bits per heavy atom. The van der Waals surface area contributed by atoms with Crippen LogP contribution < -0.4 is 5.32 Å². The van der Waals surface area contributed by atoms with Crippen molar-refractivity contribution in [3.8, 4) is 0 Å². The molecular formula is C62H101NO5. The minimum absolute atomic E-state index is 0.0217. The number of nitrogens with one attached hydrogen (secondary N) is 1. The molecule has 68 heavy (non-hydrogen) atoms. The molecule has 3 unspecified atom stereocenters. The molecule has 0 rings (SSSR count). The molecule has 6 heteroatoms. The van der Waals surface area contributed by atoms with E-state index in [1.807, 2.05) is 91.1 Å². The highest BCUT2D eigenvalue weighted by atomic mass is 16.5. The first kappa shape index (κ1) is 64.0. The third-order valence-electron chi connectivity index (χ3n) is 11.7. The Hall–Kier alpha value is -4.00. The van der Waals surface area contributed by atoms with E-state index in [4.69, 9.17) is 4.74 Å². The average Bonchev–Trinajstić information content (AvgIpc) is 3.33. The Balaban J connectivity index is 4.77. The fourth-order valence-corrected chi connectivity index (χ4v) is 7.61. The maximum Gasteiger partial charge on any atom is 0.306 e. The van der Waals surface area contributed by atoms with Crippen molar-refractivity contribution in [3.05, 3.63) is 134 Å². The molecule has 0 aromatic carbocycles. The van der Waals surface area contributed by atoms with Crippen LogP contribution in [0.1, 0.15) is 220 Å². The molecule has 0 saturated heterocycles. The number of hydrogen-bond acceptors (Lipinski definition) is 5. The maximum absolute atomic E-state index is 13.3. The third kappa shape index (κ3) is 48.5. The third-order valence-corrected chi connectivity index (χ3v) is 11.7. The van der Waals surface area contributed by atoms with E-state index in [2.05, 4.69) is 68.6 Å². The summed E-state index contributed by atoms with van der Waals surface area (Å²) in [5.41, 5.74) is 0. The number of allylic oxidation sites excluding steroid dienone is 22. The van der Waals surface area contributed by atoms with E-state index in [9.17, 15) is 19.8 Å². The van der Waals surface area contributed by atoms with E-state index in [0.29, 0.717) is 19.3 Å². The number of carbonyl (C=O) groups is 2. The first-order chi connectivity index (χ1) is 33.5. The normalized spacial score (nSPS) is 14.2. The van der Waals surface area contributed by atoms with E-state index in [1.165, 1.54) is 83.5 Å². The van der Waals surface area contributed by atoms with Gasteiger partial charge in [0.1, 0.15) is 6.10 Å². The number of esters is 1. The van der Waals surface area contributed by atoms with Gasteiger partial charge in [-0.3, -0.25) is 9.59 Å². The molecule has 0 aliphatic heterocycles. The molecule has 0 aliphatic rings. The molecule has 0 heterocycles. The van der Waals surface area contributed by atoms with Crippen molar-refractivity contribution in [2.75, 3.05) is 6.61 Å². The van der Waals surface area contributed by atoms with E-state index in [1.54, 1.807) is 0 Å². The van der Waals surface area contributed by atoms with Crippen LogP contribution in [0.5, 0.6) is 0 Å². The minimum Gasteiger partial charge on any atom is -0.462 e. The zero-order valence-corrected chi connectivity index (χ0v) is 43.7. The molecule has 3 atom stereocenters. The number of amides is 1. The highest BCUT2D eigenvalue weighted by molar-refractivity contribution is 5.77. The smallest absolute Gasteiger partial charge is 0.306 e. The van der Waals surface area contributed by atoms with Crippen LogP contribution in [-0.4, -0.2) is 46.9 Å². The number of ether oxygens (including phenoxy) is 1. The molecule has 1 amide bonds. The van der Waals surface area contributed by atoms with Gasteiger partial charge in [0.25, 0.3) is 0 Å². The van der Waals surface area contributed by atoms with E-state index >= 15 is 0 Å². The van der Waals surface area contributed by atoms with Crippen LogP contribution in [0.25, 0.3) is 0 Å². The van der Waals surface area contributed by atoms with Gasteiger partial charge in [0.05, 0.1) is 25.2 Å². The summed E-state index contributed by atoms with van der Waals surface area (Å²) in [6.07, 6.45) is 76.4. The molecule has 0 bridgehead atoms. The summed E-state index contributed by atoms with van der Waals surface area (Å²) in [5, 5.41) is 23.8. The predicted molar refractivity (Wildman–Crippen MR) is 296 cm³/mol. The predicted octanol–water partition coefficient (Wildman–Crippen LogP) is 17.0. The lowest BCUT2D eigenvalue weighted by molar-refractivity contribution is -0.151. The number of aliphatic hydroxyl groups excluding tert-OH is 2. The van der Waals surface area contributed by atoms with Crippen molar-refractivity contribution >= 4 is 11.9 Å². The molecular weight excluding hydrogens is 839 g/mol. The first-order valence-corrected chi connectivity index (χ1v) is 27.6. The number of hydrogen-bond donors (Lipinski definition) is 3. The van der Waals surface area contributed by atoms with Crippen molar-refractivity contribution in [2.24, 2.45) is 0 Å². The number of carbonyl (C=O) groups excluding carboxylic acids is 2. The highest BCUT2D eigenvalue weighted by Gasteiger charge is 2.24. The Kier molecular flexibility index (Phi) is 50.8. The maximum atomic E-state index is 13.3. The Bertz CT molecular complexity index is 1470. The fourth-order valence-electron chi connectivity index (χ4n) is 7.61. The Labute approximate surface area is 418 Å². The van der Waals surface area contributed by atoms with E-state index in [0.717, 1.165) is 89.9 Å². The molecule has 3 N–H and O–H groups in total. The molecule has 0 aliphatic carbocycles. The number of unbranched alkanes of at least 4 members (excludes halogenated alkanes) is 22. The summed E-state index contributed by atoms with van der Waals surface area (Å²) in [7, 11) is 0. The van der Waals surface area contributed by atoms with Crippen molar-refractivity contribution in [2.45, 2.75) is 238 Å². The second-order valence-electron chi connectivity index (χ2n) is 18.2. The van der Waals surface area contributed by atoms with Gasteiger partial charge >= 0.3 is 5.97 Å². The summed E-state index contributed by atoms with van der Waals surface area (Å²) < 4.78 is 5.91. The van der Waals surface area contributed by atoms with Crippen LogP contribution in [0.15, 0.2) is 134 Å². The van der Waals surface area contributed by atoms with E-state index in [-0.39, 0.29) is 24.9 Å². The van der Waals surface area contributed by atoms with Crippen molar-refractivity contribution in [3.63, 3.8) is 0 Å². The van der Waals surface area contributed by atoms with Gasteiger partial charge in [-0.25, -0.2) is 0 Å². The molecule has 0 saturated carbocycles. The SMILES string of the molecule is CC\C=C/C=C/C=C/C=C\C=C\C=C\CCCCCC(=O)OC(CCCCC/C=C/C=C/C=C/C=C/C=C/CCC)CC(=O)NC(CO)C(O)CCCCCCCCCCCCCCCCCC. The highest BCUT2D eigenvalue weighted by Crippen LogP contribution is 2.17. The van der Waals surface area contributed by atoms with Crippen LogP contribution in [0.3, 0.4) is 0 Å². The lowest BCUT2D eigenvalue weighted by Crippen LogP contribution is -2.46. The summed E-state index contributed by atoms with van der Waals surface area (Å²) in [5.74, 6) is -0.579. The van der Waals surface area contributed by atoms with Crippen molar-refractivity contribution < 1.29 is 24.5 Å². The Morgan fingerprint density at radius 3 is 1.26 bits per heavy atom. The Morgan fingerprint density at radius 1 is 0.441 bits per heavy atom. The summed E-state index contributed by atoms with van der Waals surface area (Å²) in [6.45, 7) is 6.23. The van der Waals surface area contributed by atoms with Gasteiger partial charge in [0, 0.05) is 6.42 Å². The number of aliphatic hydroxyl groups is 2. The van der Waals surface area contributed by atoms with Crippen LogP contribution in [0.4, 0.5) is 0 Å². The fraction of sp³-hybridized carbons (Fsp3) is 0.613. The zero-order chi connectivity index (χ0) is 49.5. The van der Waals surface area contributed by atoms with Gasteiger partial charge in [-0.15, -0.1) is 0 Å². The van der Waals surface area contributed by atoms with Gasteiger partial charge in [-0.05, 0) is 64.2 Å². The second-order valence-corrected chi connectivity index (χ2v) is 18.2. The molecule has 6 nitrogen and oxygen atoms in total. The largest absolute Gasteiger partial charge is 0.462 e. The van der Waals surface area contributed by atoms with Crippen molar-refractivity contribution in [1.82, 2.24) is 5.32 Å². The molecule has 0 fully saturated rings. The van der Waals surface area contributed by atoms with Gasteiger partial charge in [0.15, 0.2) is 0 Å². The number of rotatable bonds is 47. The van der Waals surface area contributed by atoms with Crippen LogP contribution in [-0.2, 0) is 14.3 Å². The summed E-state index contributed by atoms with van der Waals surface area (Å²) in [4.78, 5) is 26.2. The minimum atomic E-state index is -0.819. The van der Waals surface area contributed by atoms with Gasteiger partial charge < -0.3 is 20.3 Å². The lowest BCUT2D eigenvalue weighted by atomic mass is 10.0. The molecule has 0 radical (unpaired) electrons.